The summed E-state index contributed by atoms with van der Waals surface area (Å²) in [5.74, 6) is -1.80. The highest BCUT2D eigenvalue weighted by atomic mass is 19.3. The van der Waals surface area contributed by atoms with Crippen LogP contribution in [0.15, 0.2) is 0 Å². The van der Waals surface area contributed by atoms with Crippen LogP contribution in [0.3, 0.4) is 0 Å². The van der Waals surface area contributed by atoms with Crippen molar-refractivity contribution in [1.29, 1.82) is 0 Å². The molecule has 1 nitrogen and oxygen atoms in total. The van der Waals surface area contributed by atoms with Crippen LogP contribution < -0.4 is 0 Å². The molecule has 0 spiro atoms. The molecule has 0 bridgehead atoms. The van der Waals surface area contributed by atoms with Crippen molar-refractivity contribution in [2.45, 2.75) is 127 Å². The molecule has 3 fully saturated rings. The Kier molecular flexibility index (Phi) is 9.18. The van der Waals surface area contributed by atoms with E-state index >= 15 is 0 Å². The summed E-state index contributed by atoms with van der Waals surface area (Å²) in [6.07, 6.45) is -10.2. The van der Waals surface area contributed by atoms with Gasteiger partial charge in [0.1, 0.15) is 30.6 Å². The average molecular weight is 475 g/mol. The van der Waals surface area contributed by atoms with Crippen molar-refractivity contribution in [3.05, 3.63) is 0 Å². The summed E-state index contributed by atoms with van der Waals surface area (Å²) >= 11 is 0. The number of rotatable bonds is 8. The molecule has 0 aromatic heterocycles. The summed E-state index contributed by atoms with van der Waals surface area (Å²) in [4.78, 5) is 0. The molecule has 0 aromatic carbocycles. The molecule has 0 heterocycles. The molecule has 4 unspecified atom stereocenters. The van der Waals surface area contributed by atoms with Crippen molar-refractivity contribution in [1.82, 2.24) is 0 Å². The van der Waals surface area contributed by atoms with Gasteiger partial charge in [0.25, 0.3) is 0 Å². The first-order chi connectivity index (χ1) is 15.1. The molecule has 32 heavy (non-hydrogen) atoms. The minimum Gasteiger partial charge on any atom is -0.317 e. The van der Waals surface area contributed by atoms with Gasteiger partial charge in [-0.15, -0.1) is 0 Å². The molecular formula is C24H37F7O. The Bertz CT molecular complexity index is 545. The lowest BCUT2D eigenvalue weighted by Gasteiger charge is -2.43. The monoisotopic (exact) mass is 474 g/mol. The predicted molar refractivity (Wildman–Crippen MR) is 109 cm³/mol. The summed E-state index contributed by atoms with van der Waals surface area (Å²) in [7, 11) is 0. The molecule has 3 aliphatic rings. The van der Waals surface area contributed by atoms with Gasteiger partial charge in [-0.05, 0) is 43.4 Å². The Balaban J connectivity index is 1.52. The predicted octanol–water partition coefficient (Wildman–Crippen LogP) is 7.86. The maximum absolute atomic E-state index is 14.8. The first-order valence-corrected chi connectivity index (χ1v) is 12.4. The molecule has 8 heteroatoms. The van der Waals surface area contributed by atoms with Gasteiger partial charge < -0.3 is 4.74 Å². The molecule has 0 radical (unpaired) electrons. The van der Waals surface area contributed by atoms with Gasteiger partial charge >= 0.3 is 6.11 Å². The van der Waals surface area contributed by atoms with Crippen molar-refractivity contribution < 1.29 is 35.5 Å². The summed E-state index contributed by atoms with van der Waals surface area (Å²) < 4.78 is 104. The van der Waals surface area contributed by atoms with Crippen molar-refractivity contribution in [2.75, 3.05) is 0 Å². The quantitative estimate of drug-likeness (QED) is 0.257. The smallest absolute Gasteiger partial charge is 0.317 e. The van der Waals surface area contributed by atoms with E-state index in [9.17, 15) is 30.7 Å². The number of ether oxygens (including phenoxy) is 1. The summed E-state index contributed by atoms with van der Waals surface area (Å²) in [5, 5.41) is 0. The molecule has 188 valence electrons. The average Bonchev–Trinajstić information content (AvgIpc) is 2.71. The number of alkyl halides is 7. The second kappa shape index (κ2) is 11.3. The third-order valence-corrected chi connectivity index (χ3v) is 7.99. The van der Waals surface area contributed by atoms with E-state index in [-0.39, 0.29) is 24.7 Å². The van der Waals surface area contributed by atoms with Gasteiger partial charge in [-0.2, -0.15) is 8.78 Å². The van der Waals surface area contributed by atoms with Crippen LogP contribution in [0, 0.1) is 23.7 Å². The lowest BCUT2D eigenvalue weighted by Crippen LogP contribution is -2.52. The van der Waals surface area contributed by atoms with Gasteiger partial charge in [0.05, 0.1) is 6.10 Å². The van der Waals surface area contributed by atoms with E-state index in [1.165, 1.54) is 25.7 Å². The lowest BCUT2D eigenvalue weighted by atomic mass is 9.67. The normalized spacial score (nSPS) is 43.9. The number of hydrogen-bond acceptors (Lipinski definition) is 1. The topological polar surface area (TPSA) is 9.23 Å². The van der Waals surface area contributed by atoms with Gasteiger partial charge in [-0.1, -0.05) is 45.4 Å². The highest BCUT2D eigenvalue weighted by Crippen LogP contribution is 2.49. The second-order valence-corrected chi connectivity index (χ2v) is 10.3. The van der Waals surface area contributed by atoms with Gasteiger partial charge in [-0.25, -0.2) is 22.0 Å². The van der Waals surface area contributed by atoms with Crippen LogP contribution in [0.4, 0.5) is 30.7 Å². The van der Waals surface area contributed by atoms with Crippen molar-refractivity contribution in [3.63, 3.8) is 0 Å². The fraction of sp³-hybridized carbons (Fsp3) is 1.00. The fourth-order valence-corrected chi connectivity index (χ4v) is 6.11. The van der Waals surface area contributed by atoms with Crippen LogP contribution in [-0.4, -0.2) is 43.1 Å². The minimum atomic E-state index is -4.20. The molecular weight excluding hydrogens is 437 g/mol. The molecule has 4 atom stereocenters. The molecule has 0 aliphatic heterocycles. The van der Waals surface area contributed by atoms with Crippen molar-refractivity contribution in [3.8, 4) is 0 Å². The fourth-order valence-electron chi connectivity index (χ4n) is 6.11. The van der Waals surface area contributed by atoms with E-state index < -0.39 is 61.8 Å². The minimum absolute atomic E-state index is 0.142. The molecule has 3 rings (SSSR count). The van der Waals surface area contributed by atoms with Gasteiger partial charge in [0.15, 0.2) is 6.17 Å². The molecule has 3 aliphatic carbocycles. The van der Waals surface area contributed by atoms with E-state index in [1.807, 2.05) is 0 Å². The maximum Gasteiger partial charge on any atom is 0.364 e. The van der Waals surface area contributed by atoms with Crippen LogP contribution in [0.2, 0.25) is 0 Å². The van der Waals surface area contributed by atoms with Gasteiger partial charge in [0.2, 0.25) is 0 Å². The number of halogens is 7. The SMILES string of the molecule is CCCCCC1CCC(C2CC(F)C(C(F)(F)OC3CC(F)C(F)C(F)C3)C(F)C2)CC1. The van der Waals surface area contributed by atoms with Crippen LogP contribution >= 0.6 is 0 Å². The van der Waals surface area contributed by atoms with E-state index in [4.69, 9.17) is 0 Å². The summed E-state index contributed by atoms with van der Waals surface area (Å²) in [5.41, 5.74) is 0. The van der Waals surface area contributed by atoms with Crippen molar-refractivity contribution in [2.24, 2.45) is 23.7 Å². The molecule has 3 saturated carbocycles. The maximum atomic E-state index is 14.8. The first-order valence-electron chi connectivity index (χ1n) is 12.4. The van der Waals surface area contributed by atoms with E-state index in [0.717, 1.165) is 25.7 Å². The van der Waals surface area contributed by atoms with Crippen molar-refractivity contribution >= 4 is 0 Å². The standard InChI is InChI=1S/C24H37F7O/c1-2-3-4-5-14-6-8-15(9-7-14)16-10-18(25)22(19(26)11-16)24(30,31)32-17-12-20(27)23(29)21(28)13-17/h14-23H,2-13H2,1H3. The van der Waals surface area contributed by atoms with E-state index in [2.05, 4.69) is 11.7 Å². The molecule has 0 saturated heterocycles. The Labute approximate surface area is 186 Å². The molecule has 0 N–H and O–H groups in total. The Hall–Kier alpha value is -0.530. The van der Waals surface area contributed by atoms with Gasteiger partial charge in [0, 0.05) is 12.8 Å². The first kappa shape index (κ1) is 26.1. The third-order valence-electron chi connectivity index (χ3n) is 7.99. The molecule has 0 amide bonds. The molecule has 0 aromatic rings. The van der Waals surface area contributed by atoms with Crippen LogP contribution in [0.1, 0.15) is 84.0 Å². The zero-order valence-electron chi connectivity index (χ0n) is 18.8. The number of hydrogen-bond donors (Lipinski definition) is 0. The zero-order chi connectivity index (χ0) is 23.5. The van der Waals surface area contributed by atoms with E-state index in [0.29, 0.717) is 5.92 Å². The highest BCUT2D eigenvalue weighted by Gasteiger charge is 2.56. The summed E-state index contributed by atoms with van der Waals surface area (Å²) in [6.45, 7) is 2.16. The zero-order valence-corrected chi connectivity index (χ0v) is 18.8. The Morgan fingerprint density at radius 2 is 1.28 bits per heavy atom. The number of unbranched alkanes of at least 4 members (excludes halogenated alkanes) is 2. The van der Waals surface area contributed by atoms with Gasteiger partial charge in [-0.3, -0.25) is 0 Å². The van der Waals surface area contributed by atoms with Crippen LogP contribution in [0.25, 0.3) is 0 Å². The summed E-state index contributed by atoms with van der Waals surface area (Å²) in [6, 6.07) is 0. The van der Waals surface area contributed by atoms with Crippen LogP contribution in [0.5, 0.6) is 0 Å². The lowest BCUT2D eigenvalue weighted by molar-refractivity contribution is -0.323. The third kappa shape index (κ3) is 6.32. The Morgan fingerprint density at radius 1 is 0.719 bits per heavy atom. The van der Waals surface area contributed by atoms with Crippen LogP contribution in [-0.2, 0) is 4.74 Å². The second-order valence-electron chi connectivity index (χ2n) is 10.3. The highest BCUT2D eigenvalue weighted by molar-refractivity contribution is 4.95. The van der Waals surface area contributed by atoms with E-state index in [1.54, 1.807) is 0 Å². The Morgan fingerprint density at radius 3 is 1.81 bits per heavy atom. The largest absolute Gasteiger partial charge is 0.364 e.